The first-order valence-corrected chi connectivity index (χ1v) is 14.5. The van der Waals surface area contributed by atoms with Crippen LogP contribution in [0.5, 0.6) is 5.75 Å². The number of carboxylic acid groups (broad SMARTS) is 1. The van der Waals surface area contributed by atoms with Crippen LogP contribution < -0.4 is 66.9 Å². The molecule has 2 aromatic heterocycles. The molecule has 0 saturated carbocycles. The van der Waals surface area contributed by atoms with Gasteiger partial charge >= 0.3 is 57.1 Å². The van der Waals surface area contributed by atoms with Crippen LogP contribution in [0.25, 0.3) is 10.6 Å². The summed E-state index contributed by atoms with van der Waals surface area (Å²) in [5.41, 5.74) is 3.74. The number of nitrogens with zero attached hydrogens (tertiary/aromatic N) is 4. The maximum Gasteiger partial charge on any atom is 1.00 e. The number of hydrogen-bond acceptors (Lipinski definition) is 7. The van der Waals surface area contributed by atoms with Gasteiger partial charge in [-0.05, 0) is 35.8 Å². The summed E-state index contributed by atoms with van der Waals surface area (Å²) in [4.78, 5) is 42.8. The van der Waals surface area contributed by atoms with Crippen LogP contribution in [0.1, 0.15) is 77.1 Å². The number of rotatable bonds is 7. The van der Waals surface area contributed by atoms with Gasteiger partial charge in [-0.1, -0.05) is 41.5 Å². The Morgan fingerprint density at radius 3 is 2.02 bits per heavy atom. The predicted molar refractivity (Wildman–Crippen MR) is 154 cm³/mol. The quantitative estimate of drug-likeness (QED) is 0.363. The molecule has 1 aliphatic rings. The third kappa shape index (κ3) is 7.80. The van der Waals surface area contributed by atoms with Crippen molar-refractivity contribution in [1.82, 2.24) is 19.0 Å². The monoisotopic (exact) mass is 606 g/mol. The molecule has 0 radical (unpaired) electrons. The van der Waals surface area contributed by atoms with Gasteiger partial charge in [-0.25, -0.2) is 9.78 Å². The summed E-state index contributed by atoms with van der Waals surface area (Å²) in [6, 6.07) is 4.42. The number of likely N-dealkylation sites (tertiary alicyclic amines) is 1. The molecule has 11 heteroatoms. The van der Waals surface area contributed by atoms with Crippen molar-refractivity contribution in [3.63, 3.8) is 0 Å². The SMILES string of the molecule is COc1c(C(C)(C)C)cc(-c2nc(C3CCN(C(=O)Cn4ccn(CC(=O)[O-])c4=O)CC3)cs2)cc1C(C)(C)C.[K+]. The molecule has 1 fully saturated rings. The van der Waals surface area contributed by atoms with E-state index in [1.807, 2.05) is 0 Å². The van der Waals surface area contributed by atoms with Gasteiger partial charge in [0, 0.05) is 53.5 Å². The number of aromatic nitrogens is 3. The first-order chi connectivity index (χ1) is 18.7. The third-order valence-electron chi connectivity index (χ3n) is 7.47. The zero-order valence-electron chi connectivity index (χ0n) is 25.4. The predicted octanol–water partition coefficient (Wildman–Crippen LogP) is 0.537. The van der Waals surface area contributed by atoms with E-state index in [4.69, 9.17) is 9.72 Å². The van der Waals surface area contributed by atoms with Gasteiger partial charge in [-0.15, -0.1) is 11.3 Å². The Labute approximate surface area is 288 Å². The second-order valence-corrected chi connectivity index (χ2v) is 13.4. The van der Waals surface area contributed by atoms with Crippen molar-refractivity contribution in [3.8, 4) is 16.3 Å². The van der Waals surface area contributed by atoms with Crippen molar-refractivity contribution in [3.05, 3.63) is 57.2 Å². The number of amides is 1. The molecule has 3 aromatic rings. The van der Waals surface area contributed by atoms with Gasteiger partial charge in [0.15, 0.2) is 0 Å². The van der Waals surface area contributed by atoms with Gasteiger partial charge in [-0.3, -0.25) is 13.9 Å². The maximum atomic E-state index is 12.9. The molecule has 0 spiro atoms. The van der Waals surface area contributed by atoms with Crippen molar-refractivity contribution in [2.75, 3.05) is 20.2 Å². The van der Waals surface area contributed by atoms with Crippen LogP contribution in [0.2, 0.25) is 0 Å². The smallest absolute Gasteiger partial charge is 0.548 e. The first kappa shape index (κ1) is 33.7. The summed E-state index contributed by atoms with van der Waals surface area (Å²) in [7, 11) is 1.74. The van der Waals surface area contributed by atoms with Gasteiger partial charge in [-0.2, -0.15) is 0 Å². The van der Waals surface area contributed by atoms with Crippen LogP contribution in [-0.2, 0) is 33.5 Å². The van der Waals surface area contributed by atoms with E-state index in [1.54, 1.807) is 23.3 Å². The van der Waals surface area contributed by atoms with E-state index in [1.165, 1.54) is 17.0 Å². The molecule has 9 nitrogen and oxygen atoms in total. The van der Waals surface area contributed by atoms with Crippen molar-refractivity contribution in [2.24, 2.45) is 0 Å². The van der Waals surface area contributed by atoms with E-state index in [2.05, 4.69) is 59.1 Å². The number of ether oxygens (including phenoxy) is 1. The Morgan fingerprint density at radius 1 is 1.00 bits per heavy atom. The molecule has 1 aliphatic heterocycles. The average molecular weight is 607 g/mol. The van der Waals surface area contributed by atoms with E-state index in [9.17, 15) is 19.5 Å². The molecule has 216 valence electrons. The molecule has 3 heterocycles. The molecule has 1 saturated heterocycles. The van der Waals surface area contributed by atoms with Gasteiger partial charge in [0.05, 0.1) is 25.3 Å². The number of piperidine rings is 1. The minimum absolute atomic E-state index is 0. The topological polar surface area (TPSA) is 109 Å². The second kappa shape index (κ2) is 13.3. The standard InChI is InChI=1S/C30H40N4O5S.K/c1-29(2,3)21-14-20(15-22(26(21)39-7)30(4,5)6)27-31-23(18-40-27)19-8-10-32(11-9-19)24(35)16-33-12-13-34(28(33)38)17-25(36)37;/h12-15,18-19H,8-11,16-17H2,1-7H3,(H,36,37);/q;+1/p-1. The van der Waals surface area contributed by atoms with E-state index in [0.29, 0.717) is 13.1 Å². The summed E-state index contributed by atoms with van der Waals surface area (Å²) in [5, 5.41) is 13.9. The van der Waals surface area contributed by atoms with Gasteiger partial charge in [0.2, 0.25) is 5.91 Å². The molecule has 0 bridgehead atoms. The molecule has 0 aliphatic carbocycles. The van der Waals surface area contributed by atoms with Gasteiger partial charge < -0.3 is 19.5 Å². The fourth-order valence-electron chi connectivity index (χ4n) is 5.20. The largest absolute Gasteiger partial charge is 1.00 e. The van der Waals surface area contributed by atoms with Crippen molar-refractivity contribution >= 4 is 23.2 Å². The average Bonchev–Trinajstić information content (AvgIpc) is 3.50. The number of aliphatic carboxylic acids is 1. The Balaban J connectivity index is 0.00000462. The molecule has 0 atom stereocenters. The van der Waals surface area contributed by atoms with Crippen LogP contribution in [0.4, 0.5) is 0 Å². The van der Waals surface area contributed by atoms with Gasteiger partial charge in [0.25, 0.3) is 0 Å². The molecule has 0 N–H and O–H groups in total. The van der Waals surface area contributed by atoms with Crippen molar-refractivity contribution < 1.29 is 70.8 Å². The minimum atomic E-state index is -1.35. The number of carboxylic acids is 1. The van der Waals surface area contributed by atoms with E-state index in [0.717, 1.165) is 50.6 Å². The molecule has 4 rings (SSSR count). The normalized spacial score (nSPS) is 14.6. The molecule has 1 amide bonds. The first-order valence-electron chi connectivity index (χ1n) is 13.6. The summed E-state index contributed by atoms with van der Waals surface area (Å²) in [6.07, 6.45) is 4.37. The Morgan fingerprint density at radius 2 is 1.54 bits per heavy atom. The van der Waals surface area contributed by atoms with Crippen LogP contribution >= 0.6 is 11.3 Å². The fraction of sp³-hybridized carbons (Fsp3) is 0.533. The van der Waals surface area contributed by atoms with Crippen molar-refractivity contribution in [1.29, 1.82) is 0 Å². The minimum Gasteiger partial charge on any atom is -0.548 e. The molecule has 1 aromatic carbocycles. The number of hydrogen-bond donors (Lipinski definition) is 0. The number of carbonyl (C=O) groups is 2. The Bertz CT molecular complexity index is 1420. The fourth-order valence-corrected chi connectivity index (χ4v) is 6.09. The molecular formula is C30H39KN4O5S. The van der Waals surface area contributed by atoms with Crippen LogP contribution in [0.3, 0.4) is 0 Å². The molecule has 0 unspecified atom stereocenters. The summed E-state index contributed by atoms with van der Waals surface area (Å²) in [6.45, 7) is 13.7. The number of methoxy groups -OCH3 is 1. The number of carbonyl (C=O) groups excluding carboxylic acids is 2. The third-order valence-corrected chi connectivity index (χ3v) is 8.38. The summed E-state index contributed by atoms with van der Waals surface area (Å²) in [5.74, 6) is -0.318. The van der Waals surface area contributed by atoms with Gasteiger partial charge in [0.1, 0.15) is 17.3 Å². The number of thiazole rings is 1. The molecular weight excluding hydrogens is 568 g/mol. The molecule has 41 heavy (non-hydrogen) atoms. The maximum absolute atomic E-state index is 12.9. The van der Waals surface area contributed by atoms with Crippen molar-refractivity contribution in [2.45, 2.75) is 84.2 Å². The zero-order valence-corrected chi connectivity index (χ0v) is 29.4. The van der Waals surface area contributed by atoms with E-state index >= 15 is 0 Å². The summed E-state index contributed by atoms with van der Waals surface area (Å²) >= 11 is 1.65. The van der Waals surface area contributed by atoms with Crippen LogP contribution in [-0.4, -0.2) is 51.1 Å². The van der Waals surface area contributed by atoms with E-state index in [-0.39, 0.29) is 80.6 Å². The Kier molecular flexibility index (Phi) is 10.9. The van der Waals surface area contributed by atoms with E-state index < -0.39 is 18.2 Å². The summed E-state index contributed by atoms with van der Waals surface area (Å²) < 4.78 is 8.17. The zero-order chi connectivity index (χ0) is 29.4. The number of benzene rings is 1. The van der Waals surface area contributed by atoms with Crippen LogP contribution in [0, 0.1) is 0 Å². The Hall–Kier alpha value is -1.76. The van der Waals surface area contributed by atoms with Crippen LogP contribution in [0.15, 0.2) is 34.7 Å². The second-order valence-electron chi connectivity index (χ2n) is 12.5. The number of imidazole rings is 1.